The third-order valence-electron chi connectivity index (χ3n) is 7.52. The molecular formula is C29H33N3O4. The van der Waals surface area contributed by atoms with Crippen LogP contribution >= 0.6 is 0 Å². The molecule has 0 radical (unpaired) electrons. The Morgan fingerprint density at radius 1 is 0.833 bits per heavy atom. The highest BCUT2D eigenvalue weighted by molar-refractivity contribution is 6.07. The number of ether oxygens (including phenoxy) is 2. The van der Waals surface area contributed by atoms with Gasteiger partial charge in [-0.05, 0) is 52.9 Å². The lowest BCUT2D eigenvalue weighted by Crippen LogP contribution is -2.57. The summed E-state index contributed by atoms with van der Waals surface area (Å²) in [5.41, 5.74) is 1.32. The van der Waals surface area contributed by atoms with Crippen molar-refractivity contribution in [1.29, 1.82) is 0 Å². The number of hydrogen-bond donors (Lipinski definition) is 0. The third-order valence-corrected chi connectivity index (χ3v) is 7.52. The lowest BCUT2D eigenvalue weighted by Gasteiger charge is -2.42. The Morgan fingerprint density at radius 3 is 2.33 bits per heavy atom. The molecule has 0 atom stereocenters. The molecule has 2 fully saturated rings. The number of carbonyl (C=O) groups is 2. The number of carbonyl (C=O) groups excluding carboxylic acids is 2. The monoisotopic (exact) mass is 487 g/mol. The van der Waals surface area contributed by atoms with Crippen LogP contribution in [-0.4, -0.2) is 72.6 Å². The summed E-state index contributed by atoms with van der Waals surface area (Å²) in [4.78, 5) is 32.8. The molecule has 2 aliphatic rings. The number of amides is 3. The van der Waals surface area contributed by atoms with Gasteiger partial charge in [-0.25, -0.2) is 4.79 Å². The Balaban J connectivity index is 1.32. The van der Waals surface area contributed by atoms with E-state index in [-0.39, 0.29) is 18.5 Å². The molecular weight excluding hydrogens is 454 g/mol. The Hall–Kier alpha value is -3.42. The van der Waals surface area contributed by atoms with Crippen LogP contribution in [-0.2, 0) is 22.6 Å². The van der Waals surface area contributed by atoms with E-state index in [0.29, 0.717) is 31.7 Å². The SMILES string of the molecule is COCCN1C(=O)N(Cc2cccc(OC)c2)C(=O)C12CCN(Cc1ccc3ccccc3c1)CC2. The minimum atomic E-state index is -0.811. The van der Waals surface area contributed by atoms with Crippen LogP contribution in [0, 0.1) is 0 Å². The minimum absolute atomic E-state index is 0.100. The number of urea groups is 1. The molecule has 188 valence electrons. The largest absolute Gasteiger partial charge is 0.497 e. The van der Waals surface area contributed by atoms with Crippen molar-refractivity contribution in [2.75, 3.05) is 40.5 Å². The van der Waals surface area contributed by atoms with E-state index in [1.54, 1.807) is 19.1 Å². The summed E-state index contributed by atoms with van der Waals surface area (Å²) in [6.07, 6.45) is 1.23. The smallest absolute Gasteiger partial charge is 0.328 e. The first-order valence-corrected chi connectivity index (χ1v) is 12.5. The molecule has 5 rings (SSSR count). The summed E-state index contributed by atoms with van der Waals surface area (Å²) in [5, 5.41) is 2.47. The molecule has 2 saturated heterocycles. The van der Waals surface area contributed by atoms with Crippen molar-refractivity contribution in [2.24, 2.45) is 0 Å². The van der Waals surface area contributed by atoms with Gasteiger partial charge in [0.1, 0.15) is 11.3 Å². The zero-order chi connectivity index (χ0) is 25.1. The van der Waals surface area contributed by atoms with Gasteiger partial charge in [0, 0.05) is 33.3 Å². The lowest BCUT2D eigenvalue weighted by molar-refractivity contribution is -0.136. The van der Waals surface area contributed by atoms with Crippen molar-refractivity contribution in [2.45, 2.75) is 31.5 Å². The van der Waals surface area contributed by atoms with Gasteiger partial charge in [0.05, 0.1) is 20.3 Å². The molecule has 3 aromatic rings. The zero-order valence-electron chi connectivity index (χ0n) is 21.0. The van der Waals surface area contributed by atoms with Crippen LogP contribution in [0.3, 0.4) is 0 Å². The Kier molecular flexibility index (Phi) is 6.94. The van der Waals surface area contributed by atoms with Crippen molar-refractivity contribution in [3.8, 4) is 5.75 Å². The maximum absolute atomic E-state index is 13.8. The molecule has 7 nitrogen and oxygen atoms in total. The van der Waals surface area contributed by atoms with Crippen LogP contribution in [0.4, 0.5) is 4.79 Å². The fourth-order valence-corrected chi connectivity index (χ4v) is 5.53. The van der Waals surface area contributed by atoms with Gasteiger partial charge in [0.15, 0.2) is 0 Å². The second-order valence-electron chi connectivity index (χ2n) is 9.66. The summed E-state index contributed by atoms with van der Waals surface area (Å²) in [5.74, 6) is 0.608. The second-order valence-corrected chi connectivity index (χ2v) is 9.66. The van der Waals surface area contributed by atoms with E-state index < -0.39 is 5.54 Å². The van der Waals surface area contributed by atoms with Gasteiger partial charge in [-0.3, -0.25) is 14.6 Å². The van der Waals surface area contributed by atoms with Crippen LogP contribution in [0.15, 0.2) is 66.7 Å². The highest BCUT2D eigenvalue weighted by atomic mass is 16.5. The zero-order valence-corrected chi connectivity index (χ0v) is 21.0. The number of benzene rings is 3. The number of likely N-dealkylation sites (tertiary alicyclic amines) is 1. The highest BCUT2D eigenvalue weighted by Gasteiger charge is 2.57. The van der Waals surface area contributed by atoms with Gasteiger partial charge in [-0.2, -0.15) is 0 Å². The van der Waals surface area contributed by atoms with E-state index >= 15 is 0 Å². The van der Waals surface area contributed by atoms with Gasteiger partial charge in [0.25, 0.3) is 5.91 Å². The molecule has 3 amide bonds. The summed E-state index contributed by atoms with van der Waals surface area (Å²) in [6, 6.07) is 22.2. The average molecular weight is 488 g/mol. The van der Waals surface area contributed by atoms with E-state index in [4.69, 9.17) is 9.47 Å². The molecule has 1 spiro atoms. The average Bonchev–Trinajstić information content (AvgIpc) is 3.09. The van der Waals surface area contributed by atoms with Gasteiger partial charge in [0.2, 0.25) is 0 Å². The third kappa shape index (κ3) is 4.56. The molecule has 0 aliphatic carbocycles. The molecule has 0 N–H and O–H groups in total. The highest BCUT2D eigenvalue weighted by Crippen LogP contribution is 2.38. The van der Waals surface area contributed by atoms with Gasteiger partial charge in [-0.15, -0.1) is 0 Å². The second kappa shape index (κ2) is 10.3. The van der Waals surface area contributed by atoms with E-state index in [0.717, 1.165) is 25.2 Å². The first-order chi connectivity index (χ1) is 17.5. The summed E-state index contributed by atoms with van der Waals surface area (Å²) < 4.78 is 10.6. The number of nitrogens with zero attached hydrogens (tertiary/aromatic N) is 3. The van der Waals surface area contributed by atoms with Gasteiger partial charge in [-0.1, -0.05) is 48.5 Å². The van der Waals surface area contributed by atoms with Crippen LogP contribution in [0.25, 0.3) is 10.8 Å². The first kappa shape index (κ1) is 24.3. The summed E-state index contributed by atoms with van der Waals surface area (Å²) in [7, 11) is 3.23. The molecule has 36 heavy (non-hydrogen) atoms. The molecule has 0 unspecified atom stereocenters. The number of hydrogen-bond acceptors (Lipinski definition) is 5. The standard InChI is InChI=1S/C29H33N3O4/c1-35-17-16-32-28(34)31(21-22-6-5-9-26(19-22)36-2)27(33)29(32)12-14-30(15-13-29)20-23-10-11-24-7-3-4-8-25(24)18-23/h3-11,18-19H,12-17,20-21H2,1-2H3. The number of imide groups is 1. The lowest BCUT2D eigenvalue weighted by atomic mass is 9.85. The molecule has 0 aromatic heterocycles. The maximum atomic E-state index is 13.8. The van der Waals surface area contributed by atoms with Crippen molar-refractivity contribution in [1.82, 2.24) is 14.7 Å². The van der Waals surface area contributed by atoms with Crippen molar-refractivity contribution in [3.63, 3.8) is 0 Å². The molecule has 2 aliphatic heterocycles. The maximum Gasteiger partial charge on any atom is 0.328 e. The predicted molar refractivity (Wildman–Crippen MR) is 139 cm³/mol. The molecule has 0 saturated carbocycles. The van der Waals surface area contributed by atoms with Crippen molar-refractivity contribution in [3.05, 3.63) is 77.9 Å². The molecule has 3 aromatic carbocycles. The van der Waals surface area contributed by atoms with Crippen LogP contribution in [0.5, 0.6) is 5.75 Å². The summed E-state index contributed by atoms with van der Waals surface area (Å²) in [6.45, 7) is 3.37. The predicted octanol–water partition coefficient (Wildman–Crippen LogP) is 4.29. The van der Waals surface area contributed by atoms with E-state index in [1.807, 2.05) is 24.3 Å². The summed E-state index contributed by atoms with van der Waals surface area (Å²) >= 11 is 0. The Bertz CT molecular complexity index is 1250. The molecule has 7 heteroatoms. The van der Waals surface area contributed by atoms with E-state index in [1.165, 1.54) is 21.2 Å². The topological polar surface area (TPSA) is 62.3 Å². The fraction of sp³-hybridized carbons (Fsp3) is 0.379. The van der Waals surface area contributed by atoms with E-state index in [2.05, 4.69) is 47.4 Å². The Labute approximate surface area is 212 Å². The molecule has 0 bridgehead atoms. The van der Waals surface area contributed by atoms with Gasteiger partial charge >= 0.3 is 6.03 Å². The fourth-order valence-electron chi connectivity index (χ4n) is 5.53. The number of rotatable bonds is 8. The van der Waals surface area contributed by atoms with Crippen molar-refractivity contribution < 1.29 is 19.1 Å². The van der Waals surface area contributed by atoms with Crippen LogP contribution in [0.2, 0.25) is 0 Å². The number of fused-ring (bicyclic) bond motifs is 1. The Morgan fingerprint density at radius 2 is 1.58 bits per heavy atom. The van der Waals surface area contributed by atoms with Crippen LogP contribution in [0.1, 0.15) is 24.0 Å². The number of methoxy groups -OCH3 is 2. The molecule has 2 heterocycles. The quantitative estimate of drug-likeness (QED) is 0.444. The van der Waals surface area contributed by atoms with E-state index in [9.17, 15) is 9.59 Å². The normalized spacial score (nSPS) is 17.9. The van der Waals surface area contributed by atoms with Crippen molar-refractivity contribution >= 4 is 22.7 Å². The van der Waals surface area contributed by atoms with Gasteiger partial charge < -0.3 is 14.4 Å². The first-order valence-electron chi connectivity index (χ1n) is 12.5. The van der Waals surface area contributed by atoms with Crippen LogP contribution < -0.4 is 4.74 Å². The number of piperidine rings is 1. The minimum Gasteiger partial charge on any atom is -0.497 e.